The van der Waals surface area contributed by atoms with Crippen LogP contribution < -0.4 is 14.8 Å². The molecule has 1 N–H and O–H groups in total. The summed E-state index contributed by atoms with van der Waals surface area (Å²) in [6, 6.07) is 4.36. The minimum Gasteiger partial charge on any atom is -0.496 e. The van der Waals surface area contributed by atoms with Crippen LogP contribution in [-0.4, -0.2) is 39.5 Å². The van der Waals surface area contributed by atoms with E-state index < -0.39 is 0 Å². The predicted molar refractivity (Wildman–Crippen MR) is 68.5 cm³/mol. The van der Waals surface area contributed by atoms with E-state index >= 15 is 0 Å². The molecular formula is C14H19NO3. The number of ether oxygens (including phenoxy) is 3. The molecule has 1 aliphatic heterocycles. The molecule has 2 aliphatic rings. The average molecular weight is 249 g/mol. The van der Waals surface area contributed by atoms with Gasteiger partial charge in [0.2, 0.25) is 0 Å². The SMILES string of the molecule is COc1ccc(OC)c2c1CC1NCCOC1C2. The highest BCUT2D eigenvalue weighted by molar-refractivity contribution is 5.51. The summed E-state index contributed by atoms with van der Waals surface area (Å²) in [5.41, 5.74) is 2.50. The summed E-state index contributed by atoms with van der Waals surface area (Å²) in [7, 11) is 3.44. The second kappa shape index (κ2) is 4.78. The van der Waals surface area contributed by atoms with Crippen LogP contribution in [0.25, 0.3) is 0 Å². The predicted octanol–water partition coefficient (Wildman–Crippen LogP) is 1.16. The number of nitrogens with one attached hydrogen (secondary N) is 1. The third kappa shape index (κ3) is 1.85. The van der Waals surface area contributed by atoms with Gasteiger partial charge in [-0.3, -0.25) is 0 Å². The summed E-state index contributed by atoms with van der Waals surface area (Å²) in [6.45, 7) is 1.73. The summed E-state index contributed by atoms with van der Waals surface area (Å²) >= 11 is 0. The van der Waals surface area contributed by atoms with Gasteiger partial charge in [0.1, 0.15) is 11.5 Å². The van der Waals surface area contributed by atoms with Gasteiger partial charge in [0.15, 0.2) is 0 Å². The molecule has 1 fully saturated rings. The minimum absolute atomic E-state index is 0.257. The molecule has 2 atom stereocenters. The number of fused-ring (bicyclic) bond motifs is 2. The van der Waals surface area contributed by atoms with Crippen molar-refractivity contribution in [2.24, 2.45) is 0 Å². The van der Waals surface area contributed by atoms with E-state index in [0.717, 1.165) is 37.5 Å². The molecule has 1 heterocycles. The van der Waals surface area contributed by atoms with Crippen molar-refractivity contribution in [2.75, 3.05) is 27.4 Å². The van der Waals surface area contributed by atoms with Gasteiger partial charge in [-0.1, -0.05) is 0 Å². The fourth-order valence-electron chi connectivity index (χ4n) is 3.01. The molecule has 0 amide bonds. The van der Waals surface area contributed by atoms with Crippen molar-refractivity contribution in [3.05, 3.63) is 23.3 Å². The maximum Gasteiger partial charge on any atom is 0.122 e. The van der Waals surface area contributed by atoms with Gasteiger partial charge >= 0.3 is 0 Å². The molecule has 0 radical (unpaired) electrons. The third-order valence-corrected chi connectivity index (χ3v) is 3.90. The van der Waals surface area contributed by atoms with Crippen LogP contribution in [0, 0.1) is 0 Å². The summed E-state index contributed by atoms with van der Waals surface area (Å²) in [5, 5.41) is 3.53. The lowest BCUT2D eigenvalue weighted by atomic mass is 9.84. The minimum atomic E-state index is 0.257. The van der Waals surface area contributed by atoms with Crippen molar-refractivity contribution in [1.82, 2.24) is 5.32 Å². The highest BCUT2D eigenvalue weighted by Crippen LogP contribution is 2.37. The monoisotopic (exact) mass is 249 g/mol. The van der Waals surface area contributed by atoms with Crippen molar-refractivity contribution < 1.29 is 14.2 Å². The van der Waals surface area contributed by atoms with Crippen LogP contribution in [0.4, 0.5) is 0 Å². The molecule has 0 spiro atoms. The van der Waals surface area contributed by atoms with Crippen molar-refractivity contribution in [3.8, 4) is 11.5 Å². The summed E-state index contributed by atoms with van der Waals surface area (Å²) in [5.74, 6) is 1.90. The van der Waals surface area contributed by atoms with E-state index in [9.17, 15) is 0 Å². The second-order valence-electron chi connectivity index (χ2n) is 4.81. The third-order valence-electron chi connectivity index (χ3n) is 3.90. The van der Waals surface area contributed by atoms with E-state index in [1.54, 1.807) is 14.2 Å². The van der Waals surface area contributed by atoms with Crippen LogP contribution in [0.3, 0.4) is 0 Å². The van der Waals surface area contributed by atoms with Crippen LogP contribution in [0.5, 0.6) is 11.5 Å². The van der Waals surface area contributed by atoms with Crippen LogP contribution in [0.15, 0.2) is 12.1 Å². The van der Waals surface area contributed by atoms with Gasteiger partial charge < -0.3 is 19.5 Å². The molecule has 98 valence electrons. The lowest BCUT2D eigenvalue weighted by Gasteiger charge is -2.38. The van der Waals surface area contributed by atoms with E-state index in [2.05, 4.69) is 5.32 Å². The Morgan fingerprint density at radius 3 is 2.44 bits per heavy atom. The first-order chi connectivity index (χ1) is 8.83. The molecule has 3 rings (SSSR count). The normalized spacial score (nSPS) is 26.1. The van der Waals surface area contributed by atoms with Crippen molar-refractivity contribution in [1.29, 1.82) is 0 Å². The summed E-state index contributed by atoms with van der Waals surface area (Å²) in [4.78, 5) is 0. The number of hydrogen-bond donors (Lipinski definition) is 1. The zero-order valence-electron chi connectivity index (χ0n) is 10.9. The molecule has 1 aromatic rings. The Labute approximate surface area is 107 Å². The molecule has 0 saturated carbocycles. The number of morpholine rings is 1. The average Bonchev–Trinajstić information content (AvgIpc) is 2.44. The molecule has 18 heavy (non-hydrogen) atoms. The van der Waals surface area contributed by atoms with Crippen molar-refractivity contribution in [3.63, 3.8) is 0 Å². The maximum atomic E-state index is 5.85. The zero-order valence-corrected chi connectivity index (χ0v) is 10.9. The van der Waals surface area contributed by atoms with Gasteiger partial charge in [0, 0.05) is 30.1 Å². The van der Waals surface area contributed by atoms with Gasteiger partial charge in [-0.25, -0.2) is 0 Å². The van der Waals surface area contributed by atoms with Crippen molar-refractivity contribution in [2.45, 2.75) is 25.0 Å². The Bertz CT molecular complexity index is 406. The molecule has 2 unspecified atom stereocenters. The van der Waals surface area contributed by atoms with Crippen LogP contribution in [-0.2, 0) is 17.6 Å². The van der Waals surface area contributed by atoms with E-state index in [4.69, 9.17) is 14.2 Å². The Balaban J connectivity index is 2.01. The lowest BCUT2D eigenvalue weighted by Crippen LogP contribution is -2.52. The fourth-order valence-corrected chi connectivity index (χ4v) is 3.01. The van der Waals surface area contributed by atoms with Crippen LogP contribution in [0.1, 0.15) is 11.1 Å². The molecule has 1 aliphatic carbocycles. The molecule has 0 aromatic heterocycles. The first kappa shape index (κ1) is 11.8. The van der Waals surface area contributed by atoms with Crippen LogP contribution in [0.2, 0.25) is 0 Å². The molecule has 4 nitrogen and oxygen atoms in total. The van der Waals surface area contributed by atoms with Gasteiger partial charge in [-0.2, -0.15) is 0 Å². The Morgan fingerprint density at radius 2 is 1.78 bits per heavy atom. The van der Waals surface area contributed by atoms with Crippen molar-refractivity contribution >= 4 is 0 Å². The molecule has 1 aromatic carbocycles. The van der Waals surface area contributed by atoms with Gasteiger partial charge in [0.25, 0.3) is 0 Å². The summed E-state index contributed by atoms with van der Waals surface area (Å²) in [6.07, 6.45) is 2.10. The highest BCUT2D eigenvalue weighted by Gasteiger charge is 2.34. The van der Waals surface area contributed by atoms with E-state index in [1.807, 2.05) is 12.1 Å². The van der Waals surface area contributed by atoms with Gasteiger partial charge in [0.05, 0.1) is 26.9 Å². The largest absolute Gasteiger partial charge is 0.496 e. The van der Waals surface area contributed by atoms with E-state index in [0.29, 0.717) is 6.04 Å². The Hall–Kier alpha value is -1.26. The standard InChI is InChI=1S/C14H19NO3/c1-16-12-3-4-13(17-2)10-8-14-11(7-9(10)12)15-5-6-18-14/h3-4,11,14-15H,5-8H2,1-2H3. The van der Waals surface area contributed by atoms with Gasteiger partial charge in [-0.05, 0) is 18.6 Å². The van der Waals surface area contributed by atoms with E-state index in [1.165, 1.54) is 11.1 Å². The quantitative estimate of drug-likeness (QED) is 0.854. The fraction of sp³-hybridized carbons (Fsp3) is 0.571. The Morgan fingerprint density at radius 1 is 1.11 bits per heavy atom. The Kier molecular flexibility index (Phi) is 3.14. The first-order valence-electron chi connectivity index (χ1n) is 6.41. The smallest absolute Gasteiger partial charge is 0.122 e. The second-order valence-corrected chi connectivity index (χ2v) is 4.81. The number of rotatable bonds is 2. The number of hydrogen-bond acceptors (Lipinski definition) is 4. The maximum absolute atomic E-state index is 5.85. The zero-order chi connectivity index (χ0) is 12.5. The number of methoxy groups -OCH3 is 2. The molecule has 1 saturated heterocycles. The van der Waals surface area contributed by atoms with Gasteiger partial charge in [-0.15, -0.1) is 0 Å². The van der Waals surface area contributed by atoms with E-state index in [-0.39, 0.29) is 6.10 Å². The summed E-state index contributed by atoms with van der Waals surface area (Å²) < 4.78 is 16.8. The molecule has 0 bridgehead atoms. The van der Waals surface area contributed by atoms with Crippen LogP contribution >= 0.6 is 0 Å². The number of benzene rings is 1. The topological polar surface area (TPSA) is 39.7 Å². The lowest BCUT2D eigenvalue weighted by molar-refractivity contribution is -0.00798. The molecular weight excluding hydrogens is 230 g/mol. The molecule has 4 heteroatoms. The first-order valence-corrected chi connectivity index (χ1v) is 6.41. The highest BCUT2D eigenvalue weighted by atomic mass is 16.5.